The first kappa shape index (κ1) is 23.2. The van der Waals surface area contributed by atoms with Gasteiger partial charge in [-0.2, -0.15) is 0 Å². The van der Waals surface area contributed by atoms with Gasteiger partial charge in [0, 0.05) is 11.1 Å². The lowest BCUT2D eigenvalue weighted by atomic mass is 9.71. The van der Waals surface area contributed by atoms with Crippen LogP contribution in [0.1, 0.15) is 64.0 Å². The summed E-state index contributed by atoms with van der Waals surface area (Å²) in [6.07, 6.45) is 6.14. The van der Waals surface area contributed by atoms with Crippen LogP contribution in [0.25, 0.3) is 11.6 Å². The quantitative estimate of drug-likeness (QED) is 0.251. The molecule has 5 heteroatoms. The molecule has 2 N–H and O–H groups in total. The molecule has 0 bridgehead atoms. The van der Waals surface area contributed by atoms with Crippen LogP contribution in [-0.2, 0) is 5.41 Å². The number of rotatable bonds is 5. The predicted octanol–water partition coefficient (Wildman–Crippen LogP) is 6.84. The number of hydrogen-bond acceptors (Lipinski definition) is 3. The fraction of sp³-hybridized carbons (Fsp3) is 0.172. The van der Waals surface area contributed by atoms with Gasteiger partial charge in [-0.25, -0.2) is 9.18 Å². The molecule has 0 fully saturated rings. The standard InChI is InChI=1S/C29H26FNO3/c1-18-4-6-19(7-5-18)23-14-15-29(2,3)25-16-21(10-12-24(23)25)27(31-34)13-11-20-8-9-22(28(32)33)17-26(20)30/h4-14,16-17,34H,15H2,1-3H3,(H,32,33)/b13-11-,31-27?. The van der Waals surface area contributed by atoms with Gasteiger partial charge >= 0.3 is 5.97 Å². The summed E-state index contributed by atoms with van der Waals surface area (Å²) in [5.74, 6) is -1.85. The van der Waals surface area contributed by atoms with Crippen LogP contribution in [0.4, 0.5) is 4.39 Å². The molecule has 0 radical (unpaired) electrons. The highest BCUT2D eigenvalue weighted by Gasteiger charge is 2.29. The number of carbonyl (C=O) groups is 1. The number of aryl methyl sites for hydroxylation is 1. The molecule has 3 aromatic carbocycles. The van der Waals surface area contributed by atoms with Crippen LogP contribution in [0.2, 0.25) is 0 Å². The molecule has 0 amide bonds. The van der Waals surface area contributed by atoms with Gasteiger partial charge < -0.3 is 10.3 Å². The zero-order valence-electron chi connectivity index (χ0n) is 19.3. The minimum Gasteiger partial charge on any atom is -0.478 e. The lowest BCUT2D eigenvalue weighted by Gasteiger charge is -2.33. The smallest absolute Gasteiger partial charge is 0.335 e. The third kappa shape index (κ3) is 4.55. The Hall–Kier alpha value is -3.99. The SMILES string of the molecule is Cc1ccc(C2=CCC(C)(C)c3cc(C(/C=C\c4ccc(C(=O)O)cc4F)=NO)ccc32)cc1. The molecule has 0 aromatic heterocycles. The summed E-state index contributed by atoms with van der Waals surface area (Å²) in [6.45, 7) is 6.43. The molecule has 0 heterocycles. The second-order valence-corrected chi connectivity index (χ2v) is 9.19. The van der Waals surface area contributed by atoms with Crippen molar-refractivity contribution in [2.45, 2.75) is 32.6 Å². The molecule has 4 nitrogen and oxygen atoms in total. The number of carboxylic acids is 1. The second-order valence-electron chi connectivity index (χ2n) is 9.19. The topological polar surface area (TPSA) is 69.9 Å². The summed E-state index contributed by atoms with van der Waals surface area (Å²) < 4.78 is 14.3. The molecule has 0 atom stereocenters. The van der Waals surface area contributed by atoms with E-state index < -0.39 is 11.8 Å². The Kier molecular flexibility index (Phi) is 6.20. The Morgan fingerprint density at radius 3 is 2.38 bits per heavy atom. The van der Waals surface area contributed by atoms with Crippen molar-refractivity contribution < 1.29 is 19.5 Å². The van der Waals surface area contributed by atoms with Gasteiger partial charge in [-0.3, -0.25) is 0 Å². The van der Waals surface area contributed by atoms with Gasteiger partial charge in [-0.15, -0.1) is 0 Å². The van der Waals surface area contributed by atoms with Gasteiger partial charge in [0.05, 0.1) is 5.56 Å². The number of fused-ring (bicyclic) bond motifs is 1. The van der Waals surface area contributed by atoms with E-state index in [-0.39, 0.29) is 22.3 Å². The van der Waals surface area contributed by atoms with E-state index >= 15 is 0 Å². The lowest BCUT2D eigenvalue weighted by molar-refractivity contribution is 0.0696. The third-order valence-electron chi connectivity index (χ3n) is 6.29. The number of hydrogen-bond donors (Lipinski definition) is 2. The highest BCUT2D eigenvalue weighted by molar-refractivity contribution is 6.11. The fourth-order valence-electron chi connectivity index (χ4n) is 4.23. The highest BCUT2D eigenvalue weighted by atomic mass is 19.1. The van der Waals surface area contributed by atoms with Crippen molar-refractivity contribution >= 4 is 23.3 Å². The van der Waals surface area contributed by atoms with Crippen molar-refractivity contribution in [2.75, 3.05) is 0 Å². The number of aromatic carboxylic acids is 1. The van der Waals surface area contributed by atoms with Crippen LogP contribution in [-0.4, -0.2) is 22.0 Å². The molecule has 0 aliphatic heterocycles. The van der Waals surface area contributed by atoms with E-state index in [9.17, 15) is 14.4 Å². The molecule has 1 aliphatic carbocycles. The molecule has 3 aromatic rings. The van der Waals surface area contributed by atoms with Crippen LogP contribution in [0, 0.1) is 12.7 Å². The van der Waals surface area contributed by atoms with Crippen LogP contribution in [0.15, 0.2) is 78.0 Å². The molecule has 0 unspecified atom stereocenters. The second kappa shape index (κ2) is 9.10. The van der Waals surface area contributed by atoms with Gasteiger partial charge in [-0.05, 0) is 71.4 Å². The largest absolute Gasteiger partial charge is 0.478 e. The van der Waals surface area contributed by atoms with E-state index in [1.165, 1.54) is 35.4 Å². The molecule has 34 heavy (non-hydrogen) atoms. The van der Waals surface area contributed by atoms with E-state index in [0.717, 1.165) is 29.2 Å². The molecular formula is C29H26FNO3. The van der Waals surface area contributed by atoms with E-state index in [1.54, 1.807) is 0 Å². The minimum absolute atomic E-state index is 0.109. The number of nitrogens with zero attached hydrogens (tertiary/aromatic N) is 1. The Bertz CT molecular complexity index is 1350. The zero-order valence-corrected chi connectivity index (χ0v) is 19.3. The van der Waals surface area contributed by atoms with Crippen molar-refractivity contribution in [2.24, 2.45) is 5.16 Å². The van der Waals surface area contributed by atoms with Gasteiger partial charge in [0.2, 0.25) is 0 Å². The molecule has 172 valence electrons. The Morgan fingerprint density at radius 1 is 1.03 bits per heavy atom. The molecule has 4 rings (SSSR count). The number of benzene rings is 3. The first-order valence-corrected chi connectivity index (χ1v) is 11.0. The third-order valence-corrected chi connectivity index (χ3v) is 6.29. The predicted molar refractivity (Wildman–Crippen MR) is 133 cm³/mol. The molecular weight excluding hydrogens is 429 g/mol. The minimum atomic E-state index is -1.19. The first-order chi connectivity index (χ1) is 16.2. The summed E-state index contributed by atoms with van der Waals surface area (Å²) in [4.78, 5) is 11.0. The normalized spacial score (nSPS) is 15.2. The van der Waals surface area contributed by atoms with E-state index in [0.29, 0.717) is 5.56 Å². The summed E-state index contributed by atoms with van der Waals surface area (Å²) in [5, 5.41) is 22.1. The molecule has 1 aliphatic rings. The summed E-state index contributed by atoms with van der Waals surface area (Å²) in [5.41, 5.74) is 6.79. The van der Waals surface area contributed by atoms with E-state index in [1.807, 2.05) is 18.2 Å². The Balaban J connectivity index is 1.69. The maximum absolute atomic E-state index is 14.3. The van der Waals surface area contributed by atoms with Gasteiger partial charge in [0.15, 0.2) is 0 Å². The monoisotopic (exact) mass is 455 g/mol. The highest BCUT2D eigenvalue weighted by Crippen LogP contribution is 2.41. The summed E-state index contributed by atoms with van der Waals surface area (Å²) in [6, 6.07) is 18.1. The molecule has 0 spiro atoms. The average molecular weight is 456 g/mol. The van der Waals surface area contributed by atoms with Crippen LogP contribution in [0.5, 0.6) is 0 Å². The number of carboxylic acid groups (broad SMARTS) is 1. The lowest BCUT2D eigenvalue weighted by Crippen LogP contribution is -2.22. The van der Waals surface area contributed by atoms with Crippen LogP contribution >= 0.6 is 0 Å². The number of halogens is 1. The maximum atomic E-state index is 14.3. The van der Waals surface area contributed by atoms with Crippen molar-refractivity contribution in [3.63, 3.8) is 0 Å². The number of oxime groups is 1. The Labute approximate surface area is 198 Å². The fourth-order valence-corrected chi connectivity index (χ4v) is 4.23. The number of allylic oxidation sites excluding steroid dienone is 2. The van der Waals surface area contributed by atoms with Crippen molar-refractivity contribution in [3.8, 4) is 0 Å². The van der Waals surface area contributed by atoms with E-state index in [2.05, 4.69) is 56.3 Å². The molecule has 0 saturated carbocycles. The first-order valence-electron chi connectivity index (χ1n) is 11.0. The van der Waals surface area contributed by atoms with Gasteiger partial charge in [-0.1, -0.05) is 73.1 Å². The summed E-state index contributed by atoms with van der Waals surface area (Å²) in [7, 11) is 0. The average Bonchev–Trinajstić information content (AvgIpc) is 2.81. The van der Waals surface area contributed by atoms with Gasteiger partial charge in [0.1, 0.15) is 11.5 Å². The van der Waals surface area contributed by atoms with Crippen LogP contribution in [0.3, 0.4) is 0 Å². The Morgan fingerprint density at radius 2 is 1.74 bits per heavy atom. The zero-order chi connectivity index (χ0) is 24.5. The maximum Gasteiger partial charge on any atom is 0.335 e. The van der Waals surface area contributed by atoms with Crippen LogP contribution < -0.4 is 0 Å². The molecule has 0 saturated heterocycles. The van der Waals surface area contributed by atoms with Crippen molar-refractivity contribution in [1.29, 1.82) is 0 Å². The van der Waals surface area contributed by atoms with E-state index in [4.69, 9.17) is 5.11 Å². The van der Waals surface area contributed by atoms with Gasteiger partial charge in [0.25, 0.3) is 0 Å². The summed E-state index contributed by atoms with van der Waals surface area (Å²) >= 11 is 0. The van der Waals surface area contributed by atoms with Crippen molar-refractivity contribution in [3.05, 3.63) is 118 Å². The van der Waals surface area contributed by atoms with Crippen molar-refractivity contribution in [1.82, 2.24) is 0 Å².